The van der Waals surface area contributed by atoms with E-state index in [4.69, 9.17) is 16.3 Å². The molecule has 0 bridgehead atoms. The number of benzene rings is 3. The van der Waals surface area contributed by atoms with Crippen LogP contribution in [0, 0.1) is 6.92 Å². The molecule has 4 rings (SSSR count). The van der Waals surface area contributed by atoms with E-state index in [0.29, 0.717) is 22.8 Å². The van der Waals surface area contributed by atoms with Crippen LogP contribution in [0.25, 0.3) is 0 Å². The summed E-state index contributed by atoms with van der Waals surface area (Å²) in [4.78, 5) is 30.2. The van der Waals surface area contributed by atoms with Crippen molar-refractivity contribution in [1.82, 2.24) is 0 Å². The second-order valence-corrected chi connectivity index (χ2v) is 8.82. The molecule has 2 atom stereocenters. The van der Waals surface area contributed by atoms with Crippen molar-refractivity contribution in [2.75, 3.05) is 16.9 Å². The first kappa shape index (κ1) is 22.9. The molecule has 0 saturated heterocycles. The van der Waals surface area contributed by atoms with E-state index < -0.39 is 0 Å². The number of carbonyl (C=O) groups is 2. The molecule has 1 aliphatic rings. The molecule has 0 aromatic heterocycles. The predicted molar refractivity (Wildman–Crippen MR) is 132 cm³/mol. The number of amides is 2. The van der Waals surface area contributed by atoms with E-state index in [1.54, 1.807) is 43.2 Å². The minimum Gasteiger partial charge on any atom is -0.497 e. The summed E-state index contributed by atoms with van der Waals surface area (Å²) in [5.74, 6) is 0.490. The SMILES string of the molecule is COc1cccc(C(=O)N2c3c(C)cccc3[C@H](N(C(C)=O)c3ccc(Cl)cc3)C[C@@H]2C)c1. The summed E-state index contributed by atoms with van der Waals surface area (Å²) in [6.45, 7) is 5.60. The Hall–Kier alpha value is -3.31. The lowest BCUT2D eigenvalue weighted by Gasteiger charge is -2.44. The quantitative estimate of drug-likeness (QED) is 0.464. The van der Waals surface area contributed by atoms with E-state index >= 15 is 0 Å². The molecule has 0 saturated carbocycles. The van der Waals surface area contributed by atoms with Gasteiger partial charge in [-0.2, -0.15) is 0 Å². The molecule has 1 heterocycles. The van der Waals surface area contributed by atoms with Crippen LogP contribution in [0.4, 0.5) is 11.4 Å². The average Bonchev–Trinajstić information content (AvgIpc) is 2.80. The van der Waals surface area contributed by atoms with Crippen molar-refractivity contribution in [1.29, 1.82) is 0 Å². The summed E-state index contributed by atoms with van der Waals surface area (Å²) >= 11 is 6.08. The van der Waals surface area contributed by atoms with E-state index in [1.807, 2.05) is 61.2 Å². The third kappa shape index (κ3) is 4.33. The van der Waals surface area contributed by atoms with Gasteiger partial charge in [0.1, 0.15) is 5.75 Å². The molecular weight excluding hydrogens is 436 g/mol. The number of hydrogen-bond donors (Lipinski definition) is 0. The van der Waals surface area contributed by atoms with Crippen LogP contribution in [0.15, 0.2) is 66.7 Å². The zero-order chi connectivity index (χ0) is 23.7. The van der Waals surface area contributed by atoms with E-state index in [2.05, 4.69) is 0 Å². The molecule has 5 nitrogen and oxygen atoms in total. The van der Waals surface area contributed by atoms with Gasteiger partial charge in [-0.05, 0) is 73.9 Å². The molecule has 0 fully saturated rings. The molecule has 0 radical (unpaired) electrons. The Balaban J connectivity index is 1.82. The van der Waals surface area contributed by atoms with Crippen molar-refractivity contribution in [2.45, 2.75) is 39.3 Å². The molecule has 1 aliphatic heterocycles. The minimum atomic E-state index is -0.206. The topological polar surface area (TPSA) is 49.9 Å². The van der Waals surface area contributed by atoms with Crippen LogP contribution in [0.5, 0.6) is 5.75 Å². The highest BCUT2D eigenvalue weighted by molar-refractivity contribution is 6.30. The van der Waals surface area contributed by atoms with Crippen LogP contribution in [0.3, 0.4) is 0 Å². The number of para-hydroxylation sites is 1. The zero-order valence-electron chi connectivity index (χ0n) is 19.2. The van der Waals surface area contributed by atoms with Gasteiger partial charge in [-0.15, -0.1) is 0 Å². The number of methoxy groups -OCH3 is 1. The third-order valence-corrected chi connectivity index (χ3v) is 6.42. The van der Waals surface area contributed by atoms with Crippen molar-refractivity contribution in [3.63, 3.8) is 0 Å². The Morgan fingerprint density at radius 2 is 1.76 bits per heavy atom. The summed E-state index contributed by atoms with van der Waals surface area (Å²) < 4.78 is 5.32. The molecule has 0 unspecified atom stereocenters. The molecule has 2 amide bonds. The lowest BCUT2D eigenvalue weighted by atomic mass is 9.87. The maximum atomic E-state index is 13.7. The standard InChI is InChI=1S/C27H27ClN2O3/c1-17-7-5-10-24-25(30(19(3)31)22-13-11-21(28)12-14-22)15-18(2)29(26(17)24)27(32)20-8-6-9-23(16-20)33-4/h5-14,16,18,25H,15H2,1-4H3/t18-,25+/m0/s1. The Labute approximate surface area is 199 Å². The van der Waals surface area contributed by atoms with Crippen LogP contribution in [0.2, 0.25) is 5.02 Å². The van der Waals surface area contributed by atoms with Gasteiger partial charge in [-0.1, -0.05) is 35.9 Å². The summed E-state index contributed by atoms with van der Waals surface area (Å²) in [6.07, 6.45) is 0.606. The zero-order valence-corrected chi connectivity index (χ0v) is 20.0. The highest BCUT2D eigenvalue weighted by Gasteiger charge is 2.39. The van der Waals surface area contributed by atoms with Gasteiger partial charge in [-0.3, -0.25) is 9.59 Å². The van der Waals surface area contributed by atoms with Crippen molar-refractivity contribution in [3.8, 4) is 5.75 Å². The van der Waals surface area contributed by atoms with Crippen LogP contribution in [-0.2, 0) is 4.79 Å². The van der Waals surface area contributed by atoms with Crippen molar-refractivity contribution < 1.29 is 14.3 Å². The fourth-order valence-electron chi connectivity index (χ4n) is 4.68. The highest BCUT2D eigenvalue weighted by atomic mass is 35.5. The largest absolute Gasteiger partial charge is 0.497 e. The number of ether oxygens (including phenoxy) is 1. The number of aryl methyl sites for hydroxylation is 1. The maximum Gasteiger partial charge on any atom is 0.258 e. The summed E-state index contributed by atoms with van der Waals surface area (Å²) in [7, 11) is 1.59. The van der Waals surface area contributed by atoms with Crippen molar-refractivity contribution in [2.24, 2.45) is 0 Å². The Morgan fingerprint density at radius 1 is 1.06 bits per heavy atom. The number of hydrogen-bond acceptors (Lipinski definition) is 3. The van der Waals surface area contributed by atoms with Gasteiger partial charge in [0.2, 0.25) is 5.91 Å². The first-order valence-electron chi connectivity index (χ1n) is 10.9. The number of carbonyl (C=O) groups excluding carboxylic acids is 2. The first-order valence-corrected chi connectivity index (χ1v) is 11.3. The lowest BCUT2D eigenvalue weighted by molar-refractivity contribution is -0.117. The number of fused-ring (bicyclic) bond motifs is 1. The van der Waals surface area contributed by atoms with E-state index in [-0.39, 0.29) is 23.9 Å². The van der Waals surface area contributed by atoms with Gasteiger partial charge >= 0.3 is 0 Å². The second kappa shape index (κ2) is 9.28. The monoisotopic (exact) mass is 462 g/mol. The van der Waals surface area contributed by atoms with E-state index in [0.717, 1.165) is 22.5 Å². The van der Waals surface area contributed by atoms with Crippen LogP contribution >= 0.6 is 11.6 Å². The minimum absolute atomic E-state index is 0.0606. The van der Waals surface area contributed by atoms with Gasteiger partial charge in [0.05, 0.1) is 18.8 Å². The fraction of sp³-hybridized carbons (Fsp3) is 0.259. The Kier molecular flexibility index (Phi) is 6.43. The van der Waals surface area contributed by atoms with Gasteiger partial charge in [0, 0.05) is 29.2 Å². The summed E-state index contributed by atoms with van der Waals surface area (Å²) in [5, 5.41) is 0.616. The molecule has 0 aliphatic carbocycles. The number of rotatable bonds is 4. The molecule has 0 N–H and O–H groups in total. The third-order valence-electron chi connectivity index (χ3n) is 6.17. The Morgan fingerprint density at radius 3 is 2.42 bits per heavy atom. The van der Waals surface area contributed by atoms with E-state index in [9.17, 15) is 9.59 Å². The predicted octanol–water partition coefficient (Wildman–Crippen LogP) is 6.19. The van der Waals surface area contributed by atoms with Crippen molar-refractivity contribution >= 4 is 34.8 Å². The van der Waals surface area contributed by atoms with Crippen molar-refractivity contribution in [3.05, 3.63) is 88.4 Å². The Bertz CT molecular complexity index is 1190. The molecular formula is C27H27ClN2O3. The highest BCUT2D eigenvalue weighted by Crippen LogP contribution is 2.44. The molecule has 6 heteroatoms. The number of anilines is 2. The molecule has 170 valence electrons. The maximum absolute atomic E-state index is 13.7. The normalized spacial score (nSPS) is 17.3. The number of nitrogens with zero attached hydrogens (tertiary/aromatic N) is 2. The number of halogens is 1. The fourth-order valence-corrected chi connectivity index (χ4v) is 4.81. The van der Waals surface area contributed by atoms with Crippen LogP contribution < -0.4 is 14.5 Å². The second-order valence-electron chi connectivity index (χ2n) is 8.39. The van der Waals surface area contributed by atoms with E-state index in [1.165, 1.54) is 0 Å². The van der Waals surface area contributed by atoms with Crippen LogP contribution in [-0.4, -0.2) is 25.0 Å². The molecule has 0 spiro atoms. The first-order chi connectivity index (χ1) is 15.8. The molecule has 3 aromatic rings. The lowest BCUT2D eigenvalue weighted by Crippen LogP contribution is -2.47. The van der Waals surface area contributed by atoms with Gasteiger partial charge in [0.25, 0.3) is 5.91 Å². The molecule has 33 heavy (non-hydrogen) atoms. The average molecular weight is 463 g/mol. The van der Waals surface area contributed by atoms with Crippen LogP contribution in [0.1, 0.15) is 47.8 Å². The summed E-state index contributed by atoms with van der Waals surface area (Å²) in [5.41, 5.74) is 4.14. The van der Waals surface area contributed by atoms with Gasteiger partial charge in [-0.25, -0.2) is 0 Å². The summed E-state index contributed by atoms with van der Waals surface area (Å²) in [6, 6.07) is 20.1. The smallest absolute Gasteiger partial charge is 0.258 e. The van der Waals surface area contributed by atoms with Gasteiger partial charge < -0.3 is 14.5 Å². The molecule has 3 aromatic carbocycles. The van der Waals surface area contributed by atoms with Gasteiger partial charge in [0.15, 0.2) is 0 Å².